The van der Waals surface area contributed by atoms with E-state index in [0.29, 0.717) is 31.0 Å². The molecule has 1 N–H and O–H groups in total. The minimum atomic E-state index is -4.31. The number of hydrogen-bond acceptors (Lipinski definition) is 3. The van der Waals surface area contributed by atoms with Gasteiger partial charge in [-0.15, -0.1) is 0 Å². The number of nitrogens with zero attached hydrogens (tertiary/aromatic N) is 2. The van der Waals surface area contributed by atoms with Gasteiger partial charge in [-0.05, 0) is 64.0 Å². The average Bonchev–Trinajstić information content (AvgIpc) is 2.60. The molecule has 0 aliphatic carbocycles. The van der Waals surface area contributed by atoms with E-state index < -0.39 is 11.7 Å². The van der Waals surface area contributed by atoms with Crippen LogP contribution in [0.15, 0.2) is 24.3 Å². The smallest absolute Gasteiger partial charge is 0.355 e. The lowest BCUT2D eigenvalue weighted by Gasteiger charge is -2.32. The molecule has 0 unspecified atom stereocenters. The third-order valence-electron chi connectivity index (χ3n) is 5.08. The Labute approximate surface area is 159 Å². The Morgan fingerprint density at radius 1 is 1.22 bits per heavy atom. The van der Waals surface area contributed by atoms with Crippen LogP contribution in [0.5, 0.6) is 0 Å². The zero-order valence-corrected chi connectivity index (χ0v) is 16.2. The van der Waals surface area contributed by atoms with Crippen LogP contribution in [0.1, 0.15) is 36.8 Å². The molecule has 27 heavy (non-hydrogen) atoms. The summed E-state index contributed by atoms with van der Waals surface area (Å²) in [6.45, 7) is 3.36. The zero-order valence-electron chi connectivity index (χ0n) is 16.2. The van der Waals surface area contributed by atoms with Gasteiger partial charge in [0.2, 0.25) is 5.91 Å². The van der Waals surface area contributed by atoms with Crippen molar-refractivity contribution in [1.82, 2.24) is 15.1 Å². The van der Waals surface area contributed by atoms with E-state index in [-0.39, 0.29) is 5.91 Å². The first-order chi connectivity index (χ1) is 12.8. The fraction of sp³-hybridized carbons (Fsp3) is 0.650. The van der Waals surface area contributed by atoms with Crippen LogP contribution in [0.3, 0.4) is 0 Å². The molecule has 1 aromatic carbocycles. The van der Waals surface area contributed by atoms with Crippen molar-refractivity contribution in [3.63, 3.8) is 0 Å². The number of benzene rings is 1. The van der Waals surface area contributed by atoms with Crippen LogP contribution < -0.4 is 5.32 Å². The summed E-state index contributed by atoms with van der Waals surface area (Å²) in [7, 11) is 3.93. The molecule has 2 rings (SSSR count). The summed E-state index contributed by atoms with van der Waals surface area (Å²) < 4.78 is 39.3. The van der Waals surface area contributed by atoms with Crippen LogP contribution in [0.2, 0.25) is 0 Å². The van der Waals surface area contributed by atoms with Gasteiger partial charge in [0.05, 0.1) is 5.56 Å². The van der Waals surface area contributed by atoms with Crippen molar-refractivity contribution in [2.75, 3.05) is 40.3 Å². The summed E-state index contributed by atoms with van der Waals surface area (Å²) in [6.07, 6.45) is -1.08. The molecule has 0 atom stereocenters. The lowest BCUT2D eigenvalue weighted by atomic mass is 9.91. The molecule has 0 aromatic heterocycles. The van der Waals surface area contributed by atoms with Gasteiger partial charge >= 0.3 is 6.18 Å². The van der Waals surface area contributed by atoms with Gasteiger partial charge in [0.15, 0.2) is 0 Å². The van der Waals surface area contributed by atoms with Gasteiger partial charge in [0.25, 0.3) is 0 Å². The molecule has 1 aliphatic rings. The molecule has 1 saturated heterocycles. The van der Waals surface area contributed by atoms with E-state index in [1.807, 2.05) is 19.0 Å². The highest BCUT2D eigenvalue weighted by molar-refractivity contribution is 5.75. The quantitative estimate of drug-likeness (QED) is 0.745. The average molecular weight is 385 g/mol. The summed E-state index contributed by atoms with van der Waals surface area (Å²) in [5, 5.41) is 2.92. The predicted octanol–water partition coefficient (Wildman–Crippen LogP) is 3.38. The number of likely N-dealkylation sites (tertiary alicyclic amines) is 1. The standard InChI is InChI=1S/C20H30F3N3O/c1-25(2)14-11-24-19(27)8-7-16-9-12-26(13-10-16)15-17-5-3-4-6-18(17)20(21,22)23/h3-6,16H,7-15H2,1-2H3,(H,24,27). The maximum absolute atomic E-state index is 13.1. The molecule has 7 heteroatoms. The van der Waals surface area contributed by atoms with Crippen molar-refractivity contribution in [2.45, 2.75) is 38.4 Å². The lowest BCUT2D eigenvalue weighted by molar-refractivity contribution is -0.138. The van der Waals surface area contributed by atoms with Crippen LogP contribution in [-0.4, -0.2) is 56.0 Å². The van der Waals surface area contributed by atoms with Gasteiger partial charge in [-0.2, -0.15) is 13.2 Å². The fourth-order valence-corrected chi connectivity index (χ4v) is 3.45. The molecule has 0 spiro atoms. The second-order valence-corrected chi connectivity index (χ2v) is 7.57. The normalized spacial score (nSPS) is 16.7. The molecular weight excluding hydrogens is 355 g/mol. The fourth-order valence-electron chi connectivity index (χ4n) is 3.45. The Balaban J connectivity index is 1.73. The Kier molecular flexibility index (Phi) is 8.10. The minimum Gasteiger partial charge on any atom is -0.355 e. The first kappa shape index (κ1) is 21.7. The summed E-state index contributed by atoms with van der Waals surface area (Å²) in [6, 6.07) is 5.80. The van der Waals surface area contributed by atoms with Gasteiger partial charge in [0.1, 0.15) is 0 Å². The maximum Gasteiger partial charge on any atom is 0.416 e. The molecule has 1 fully saturated rings. The summed E-state index contributed by atoms with van der Waals surface area (Å²) in [4.78, 5) is 16.0. The van der Waals surface area contributed by atoms with Crippen molar-refractivity contribution in [2.24, 2.45) is 5.92 Å². The van der Waals surface area contributed by atoms with Crippen LogP contribution in [0, 0.1) is 5.92 Å². The van der Waals surface area contributed by atoms with Crippen molar-refractivity contribution < 1.29 is 18.0 Å². The van der Waals surface area contributed by atoms with Crippen molar-refractivity contribution in [3.05, 3.63) is 35.4 Å². The van der Waals surface area contributed by atoms with Crippen molar-refractivity contribution in [3.8, 4) is 0 Å². The summed E-state index contributed by atoms with van der Waals surface area (Å²) in [5.74, 6) is 0.553. The number of likely N-dealkylation sites (N-methyl/N-ethyl adjacent to an activating group) is 1. The summed E-state index contributed by atoms with van der Waals surface area (Å²) >= 11 is 0. The summed E-state index contributed by atoms with van der Waals surface area (Å²) in [5.41, 5.74) is -0.203. The molecule has 0 bridgehead atoms. The molecular formula is C20H30F3N3O. The number of piperidine rings is 1. The number of amides is 1. The first-order valence-corrected chi connectivity index (χ1v) is 9.54. The lowest BCUT2D eigenvalue weighted by Crippen LogP contribution is -2.35. The molecule has 1 aliphatic heterocycles. The Morgan fingerprint density at radius 2 is 1.89 bits per heavy atom. The van der Waals surface area contributed by atoms with E-state index in [1.165, 1.54) is 6.07 Å². The Morgan fingerprint density at radius 3 is 2.52 bits per heavy atom. The third kappa shape index (κ3) is 7.50. The zero-order chi connectivity index (χ0) is 19.9. The SMILES string of the molecule is CN(C)CCNC(=O)CCC1CCN(Cc2ccccc2C(F)(F)F)CC1. The van der Waals surface area contributed by atoms with Gasteiger partial charge in [-0.25, -0.2) is 0 Å². The highest BCUT2D eigenvalue weighted by atomic mass is 19.4. The van der Waals surface area contributed by atoms with E-state index in [4.69, 9.17) is 0 Å². The number of alkyl halides is 3. The van der Waals surface area contributed by atoms with Crippen LogP contribution in [0.25, 0.3) is 0 Å². The number of nitrogens with one attached hydrogen (secondary N) is 1. The van der Waals surface area contributed by atoms with E-state index >= 15 is 0 Å². The second-order valence-electron chi connectivity index (χ2n) is 7.57. The largest absolute Gasteiger partial charge is 0.416 e. The Bertz CT molecular complexity index is 596. The third-order valence-corrected chi connectivity index (χ3v) is 5.08. The van der Waals surface area contributed by atoms with E-state index in [2.05, 4.69) is 10.2 Å². The van der Waals surface area contributed by atoms with E-state index in [9.17, 15) is 18.0 Å². The molecule has 4 nitrogen and oxygen atoms in total. The van der Waals surface area contributed by atoms with Crippen LogP contribution >= 0.6 is 0 Å². The van der Waals surface area contributed by atoms with Gasteiger partial charge < -0.3 is 10.2 Å². The van der Waals surface area contributed by atoms with Gasteiger partial charge in [-0.1, -0.05) is 18.2 Å². The number of carbonyl (C=O) groups excluding carboxylic acids is 1. The van der Waals surface area contributed by atoms with Crippen LogP contribution in [-0.2, 0) is 17.5 Å². The van der Waals surface area contributed by atoms with Crippen molar-refractivity contribution >= 4 is 5.91 Å². The monoisotopic (exact) mass is 385 g/mol. The Hall–Kier alpha value is -1.60. The second kappa shape index (κ2) is 10.1. The van der Waals surface area contributed by atoms with Crippen LogP contribution in [0.4, 0.5) is 13.2 Å². The molecule has 1 heterocycles. The number of rotatable bonds is 8. The molecule has 1 amide bonds. The van der Waals surface area contributed by atoms with Crippen molar-refractivity contribution in [1.29, 1.82) is 0 Å². The maximum atomic E-state index is 13.1. The minimum absolute atomic E-state index is 0.0818. The van der Waals surface area contributed by atoms with E-state index in [0.717, 1.165) is 45.0 Å². The number of hydrogen-bond donors (Lipinski definition) is 1. The molecule has 152 valence electrons. The van der Waals surface area contributed by atoms with Gasteiger partial charge in [-0.3, -0.25) is 9.69 Å². The molecule has 0 saturated carbocycles. The number of halogens is 3. The van der Waals surface area contributed by atoms with Gasteiger partial charge in [0, 0.05) is 26.1 Å². The molecule has 1 aromatic rings. The van der Waals surface area contributed by atoms with E-state index in [1.54, 1.807) is 12.1 Å². The first-order valence-electron chi connectivity index (χ1n) is 9.54. The highest BCUT2D eigenvalue weighted by Crippen LogP contribution is 2.33. The highest BCUT2D eigenvalue weighted by Gasteiger charge is 2.33. The molecule has 0 radical (unpaired) electrons. The number of carbonyl (C=O) groups is 1. The topological polar surface area (TPSA) is 35.6 Å². The predicted molar refractivity (Wildman–Crippen MR) is 100 cm³/mol.